The van der Waals surface area contributed by atoms with Crippen molar-refractivity contribution in [1.29, 1.82) is 0 Å². The van der Waals surface area contributed by atoms with Crippen molar-refractivity contribution in [2.24, 2.45) is 0 Å². The molecule has 132 valence electrons. The van der Waals surface area contributed by atoms with Gasteiger partial charge in [0.2, 0.25) is 0 Å². The van der Waals surface area contributed by atoms with Crippen LogP contribution in [-0.4, -0.2) is 36.8 Å². The lowest BCUT2D eigenvalue weighted by Crippen LogP contribution is -2.44. The van der Waals surface area contributed by atoms with Crippen molar-refractivity contribution in [3.8, 4) is 0 Å². The highest BCUT2D eigenvalue weighted by molar-refractivity contribution is 5.86. The van der Waals surface area contributed by atoms with Crippen LogP contribution < -0.4 is 5.32 Å². The van der Waals surface area contributed by atoms with E-state index in [9.17, 15) is 14.4 Å². The molecule has 7 nitrogen and oxygen atoms in total. The normalized spacial score (nSPS) is 12.0. The van der Waals surface area contributed by atoms with Crippen molar-refractivity contribution in [1.82, 2.24) is 5.32 Å². The van der Waals surface area contributed by atoms with Crippen molar-refractivity contribution in [3.63, 3.8) is 0 Å². The Balaban J connectivity index is 2.57. The average Bonchev–Trinajstić information content (AvgIpc) is 2.50. The zero-order chi connectivity index (χ0) is 18.2. The Bertz CT molecular complexity index is 564. The molecule has 1 aromatic rings. The third kappa shape index (κ3) is 7.62. The summed E-state index contributed by atoms with van der Waals surface area (Å²) in [6.45, 7) is 5.17. The second-order valence-corrected chi connectivity index (χ2v) is 6.07. The van der Waals surface area contributed by atoms with Crippen LogP contribution in [0.1, 0.15) is 32.8 Å². The van der Waals surface area contributed by atoms with E-state index >= 15 is 0 Å². The first-order valence-corrected chi connectivity index (χ1v) is 7.48. The predicted octanol–water partition coefficient (Wildman–Crippen LogP) is 2.19. The minimum atomic E-state index is -1.17. The SMILES string of the molecule is COC(=O)[C@@H](CC(=O)OC(C)(C)C)NC(=O)OCc1ccccc1. The number of carbonyl (C=O) groups excluding carboxylic acids is 3. The lowest BCUT2D eigenvalue weighted by Gasteiger charge is -2.21. The number of hydrogen-bond donors (Lipinski definition) is 1. The van der Waals surface area contributed by atoms with Crippen molar-refractivity contribution < 1.29 is 28.6 Å². The highest BCUT2D eigenvalue weighted by Gasteiger charge is 2.28. The van der Waals surface area contributed by atoms with Gasteiger partial charge in [-0.15, -0.1) is 0 Å². The monoisotopic (exact) mass is 337 g/mol. The van der Waals surface area contributed by atoms with E-state index in [1.165, 1.54) is 7.11 Å². The fourth-order valence-electron chi connectivity index (χ4n) is 1.79. The zero-order valence-electron chi connectivity index (χ0n) is 14.3. The van der Waals surface area contributed by atoms with Gasteiger partial charge in [0.05, 0.1) is 13.5 Å². The summed E-state index contributed by atoms with van der Waals surface area (Å²) < 4.78 is 14.8. The minimum absolute atomic E-state index is 0.0486. The fourth-order valence-corrected chi connectivity index (χ4v) is 1.79. The summed E-state index contributed by atoms with van der Waals surface area (Å²) in [5.41, 5.74) is 0.111. The number of rotatable bonds is 6. The van der Waals surface area contributed by atoms with Gasteiger partial charge in [-0.25, -0.2) is 9.59 Å². The second-order valence-electron chi connectivity index (χ2n) is 6.07. The third-order valence-corrected chi connectivity index (χ3v) is 2.78. The second kappa shape index (κ2) is 8.90. The van der Waals surface area contributed by atoms with E-state index in [1.54, 1.807) is 32.9 Å². The van der Waals surface area contributed by atoms with Crippen molar-refractivity contribution in [3.05, 3.63) is 35.9 Å². The van der Waals surface area contributed by atoms with Gasteiger partial charge in [-0.1, -0.05) is 30.3 Å². The van der Waals surface area contributed by atoms with Crippen LogP contribution in [0.2, 0.25) is 0 Å². The minimum Gasteiger partial charge on any atom is -0.467 e. The van der Waals surface area contributed by atoms with Crippen LogP contribution in [0, 0.1) is 0 Å². The molecular formula is C17H23NO6. The smallest absolute Gasteiger partial charge is 0.408 e. The summed E-state index contributed by atoms with van der Waals surface area (Å²) in [7, 11) is 1.17. The zero-order valence-corrected chi connectivity index (χ0v) is 14.3. The van der Waals surface area contributed by atoms with Crippen LogP contribution >= 0.6 is 0 Å². The number of alkyl carbamates (subject to hydrolysis) is 1. The molecule has 1 rings (SSSR count). The van der Waals surface area contributed by atoms with Gasteiger partial charge in [-0.05, 0) is 26.3 Å². The lowest BCUT2D eigenvalue weighted by atomic mass is 10.1. The van der Waals surface area contributed by atoms with E-state index in [0.29, 0.717) is 0 Å². The fraction of sp³-hybridized carbons (Fsp3) is 0.471. The summed E-state index contributed by atoms with van der Waals surface area (Å²) in [5.74, 6) is -1.38. The van der Waals surface area contributed by atoms with Crippen molar-refractivity contribution in [2.75, 3.05) is 7.11 Å². The van der Waals surface area contributed by atoms with E-state index in [-0.39, 0.29) is 13.0 Å². The Kier molecular flexibility index (Phi) is 7.23. The standard InChI is InChI=1S/C17H23NO6/c1-17(2,3)24-14(19)10-13(15(20)22-4)18-16(21)23-11-12-8-6-5-7-9-12/h5-9,13H,10-11H2,1-4H3,(H,18,21)/t13-/m1/s1. The first-order chi connectivity index (χ1) is 11.2. The first-order valence-electron chi connectivity index (χ1n) is 7.48. The maximum atomic E-state index is 11.8. The maximum Gasteiger partial charge on any atom is 0.408 e. The van der Waals surface area contributed by atoms with Crippen LogP contribution in [0.25, 0.3) is 0 Å². The summed E-state index contributed by atoms with van der Waals surface area (Å²) >= 11 is 0. The largest absolute Gasteiger partial charge is 0.467 e. The number of hydrogen-bond acceptors (Lipinski definition) is 6. The van der Waals surface area contributed by atoms with Gasteiger partial charge in [0, 0.05) is 0 Å². The third-order valence-electron chi connectivity index (χ3n) is 2.78. The number of ether oxygens (including phenoxy) is 3. The lowest BCUT2D eigenvalue weighted by molar-refractivity contribution is -0.158. The molecule has 0 unspecified atom stereocenters. The molecular weight excluding hydrogens is 314 g/mol. The van der Waals surface area contributed by atoms with Crippen LogP contribution in [0.15, 0.2) is 30.3 Å². The Labute approximate surface area is 141 Å². The van der Waals surface area contributed by atoms with E-state index in [4.69, 9.17) is 9.47 Å². The molecule has 0 fully saturated rings. The number of esters is 2. The molecule has 0 aromatic heterocycles. The van der Waals surface area contributed by atoms with Gasteiger partial charge in [0.1, 0.15) is 18.2 Å². The molecule has 0 radical (unpaired) electrons. The number of carbonyl (C=O) groups is 3. The Morgan fingerprint density at radius 3 is 2.29 bits per heavy atom. The van der Waals surface area contributed by atoms with Gasteiger partial charge >= 0.3 is 18.0 Å². The van der Waals surface area contributed by atoms with Crippen molar-refractivity contribution >= 4 is 18.0 Å². The summed E-state index contributed by atoms with van der Waals surface area (Å²) in [6.07, 6.45) is -1.16. The predicted molar refractivity (Wildman–Crippen MR) is 86.0 cm³/mol. The van der Waals surface area contributed by atoms with Gasteiger partial charge in [-0.2, -0.15) is 0 Å². The first kappa shape index (κ1) is 19.5. The molecule has 24 heavy (non-hydrogen) atoms. The van der Waals surface area contributed by atoms with E-state index < -0.39 is 29.7 Å². The van der Waals surface area contributed by atoms with Crippen LogP contribution in [-0.2, 0) is 30.4 Å². The highest BCUT2D eigenvalue weighted by atomic mass is 16.6. The molecule has 0 saturated carbocycles. The van der Waals surface area contributed by atoms with Crippen LogP contribution in [0.3, 0.4) is 0 Å². The maximum absolute atomic E-state index is 11.8. The Hall–Kier alpha value is -2.57. The summed E-state index contributed by atoms with van der Waals surface area (Å²) in [5, 5.41) is 2.32. The van der Waals surface area contributed by atoms with E-state index in [0.717, 1.165) is 5.56 Å². The number of amides is 1. The molecule has 1 atom stereocenters. The van der Waals surface area contributed by atoms with E-state index in [2.05, 4.69) is 10.1 Å². The molecule has 7 heteroatoms. The molecule has 1 N–H and O–H groups in total. The van der Waals surface area contributed by atoms with Crippen LogP contribution in [0.5, 0.6) is 0 Å². The quantitative estimate of drug-likeness (QED) is 0.632. The number of benzene rings is 1. The molecule has 0 aliphatic rings. The molecule has 0 heterocycles. The molecule has 0 aliphatic carbocycles. The summed E-state index contributed by atoms with van der Waals surface area (Å²) in [4.78, 5) is 35.4. The molecule has 1 aromatic carbocycles. The molecule has 1 amide bonds. The van der Waals surface area contributed by atoms with Crippen LogP contribution in [0.4, 0.5) is 4.79 Å². The van der Waals surface area contributed by atoms with Crippen molar-refractivity contribution in [2.45, 2.75) is 45.4 Å². The Morgan fingerprint density at radius 1 is 1.12 bits per heavy atom. The van der Waals surface area contributed by atoms with Gasteiger partial charge < -0.3 is 19.5 Å². The number of nitrogens with one attached hydrogen (secondary N) is 1. The van der Waals surface area contributed by atoms with Gasteiger partial charge in [0.25, 0.3) is 0 Å². The molecule has 0 spiro atoms. The molecule has 0 saturated heterocycles. The summed E-state index contributed by atoms with van der Waals surface area (Å²) in [6, 6.07) is 7.90. The topological polar surface area (TPSA) is 90.9 Å². The Morgan fingerprint density at radius 2 is 1.75 bits per heavy atom. The number of methoxy groups -OCH3 is 1. The van der Waals surface area contributed by atoms with Gasteiger partial charge in [0.15, 0.2) is 0 Å². The molecule has 0 bridgehead atoms. The van der Waals surface area contributed by atoms with Gasteiger partial charge in [-0.3, -0.25) is 4.79 Å². The highest BCUT2D eigenvalue weighted by Crippen LogP contribution is 2.10. The average molecular weight is 337 g/mol. The van der Waals surface area contributed by atoms with E-state index in [1.807, 2.05) is 18.2 Å². The molecule has 0 aliphatic heterocycles.